The molecule has 3 rings (SSSR count). The summed E-state index contributed by atoms with van der Waals surface area (Å²) in [7, 11) is 0. The molecule has 0 heterocycles. The average molecular weight is 272 g/mol. The Morgan fingerprint density at radius 3 is 2.25 bits per heavy atom. The highest BCUT2D eigenvalue weighted by Gasteiger charge is 2.34. The molecule has 1 nitrogen and oxygen atoms in total. The SMILES string of the molecule is CC(O)(c1ccc2c(c1)CCCC2)C1CCCCCC1. The van der Waals surface area contributed by atoms with Gasteiger partial charge in [0.25, 0.3) is 0 Å². The van der Waals surface area contributed by atoms with Crippen molar-refractivity contribution in [1.82, 2.24) is 0 Å². The fourth-order valence-corrected chi connectivity index (χ4v) is 4.13. The molecular formula is C19H28O. The molecule has 1 atom stereocenters. The summed E-state index contributed by atoms with van der Waals surface area (Å²) in [6, 6.07) is 6.77. The third-order valence-corrected chi connectivity index (χ3v) is 5.58. The lowest BCUT2D eigenvalue weighted by atomic mass is 9.77. The van der Waals surface area contributed by atoms with Crippen LogP contribution in [0.2, 0.25) is 0 Å². The number of rotatable bonds is 2. The van der Waals surface area contributed by atoms with Crippen LogP contribution in [-0.4, -0.2) is 5.11 Å². The number of fused-ring (bicyclic) bond motifs is 1. The minimum Gasteiger partial charge on any atom is -0.385 e. The topological polar surface area (TPSA) is 20.2 Å². The first-order valence-corrected chi connectivity index (χ1v) is 8.52. The maximum absolute atomic E-state index is 11.1. The summed E-state index contributed by atoms with van der Waals surface area (Å²) in [6.07, 6.45) is 12.7. The minimum atomic E-state index is -0.642. The molecule has 1 N–H and O–H groups in total. The molecular weight excluding hydrogens is 244 g/mol. The van der Waals surface area contributed by atoms with Crippen molar-refractivity contribution >= 4 is 0 Å². The predicted octanol–water partition coefficient (Wildman–Crippen LogP) is 4.74. The molecule has 1 saturated carbocycles. The first-order chi connectivity index (χ1) is 9.68. The summed E-state index contributed by atoms with van der Waals surface area (Å²) >= 11 is 0. The molecule has 110 valence electrons. The van der Waals surface area contributed by atoms with Gasteiger partial charge in [0.1, 0.15) is 0 Å². The van der Waals surface area contributed by atoms with Gasteiger partial charge in [-0.25, -0.2) is 0 Å². The van der Waals surface area contributed by atoms with Gasteiger partial charge >= 0.3 is 0 Å². The number of aliphatic hydroxyl groups is 1. The van der Waals surface area contributed by atoms with Crippen molar-refractivity contribution in [3.05, 3.63) is 34.9 Å². The lowest BCUT2D eigenvalue weighted by Crippen LogP contribution is -2.32. The Balaban J connectivity index is 1.85. The van der Waals surface area contributed by atoms with Crippen molar-refractivity contribution in [3.63, 3.8) is 0 Å². The van der Waals surface area contributed by atoms with Crippen molar-refractivity contribution < 1.29 is 5.11 Å². The molecule has 0 saturated heterocycles. The summed E-state index contributed by atoms with van der Waals surface area (Å²) in [5.74, 6) is 0.437. The average Bonchev–Trinajstić information content (AvgIpc) is 2.76. The van der Waals surface area contributed by atoms with Crippen LogP contribution in [0, 0.1) is 5.92 Å². The van der Waals surface area contributed by atoms with Crippen molar-refractivity contribution in [1.29, 1.82) is 0 Å². The number of aryl methyl sites for hydroxylation is 2. The summed E-state index contributed by atoms with van der Waals surface area (Å²) in [5.41, 5.74) is 3.51. The van der Waals surface area contributed by atoms with Crippen LogP contribution in [0.4, 0.5) is 0 Å². The van der Waals surface area contributed by atoms with Crippen LogP contribution >= 0.6 is 0 Å². The van der Waals surface area contributed by atoms with Gasteiger partial charge in [0.2, 0.25) is 0 Å². The molecule has 0 aromatic heterocycles. The number of hydrogen-bond donors (Lipinski definition) is 1. The molecule has 1 fully saturated rings. The van der Waals surface area contributed by atoms with E-state index in [0.717, 1.165) is 5.56 Å². The first kappa shape index (κ1) is 14.1. The van der Waals surface area contributed by atoms with E-state index in [9.17, 15) is 5.11 Å². The van der Waals surface area contributed by atoms with Gasteiger partial charge in [-0.2, -0.15) is 0 Å². The van der Waals surface area contributed by atoms with Gasteiger partial charge in [0.15, 0.2) is 0 Å². The predicted molar refractivity (Wildman–Crippen MR) is 83.8 cm³/mol. The Morgan fingerprint density at radius 1 is 0.900 bits per heavy atom. The molecule has 2 aliphatic rings. The van der Waals surface area contributed by atoms with E-state index in [-0.39, 0.29) is 0 Å². The van der Waals surface area contributed by atoms with Gasteiger partial charge in [-0.15, -0.1) is 0 Å². The van der Waals surface area contributed by atoms with Gasteiger partial charge in [-0.1, -0.05) is 43.9 Å². The number of hydrogen-bond acceptors (Lipinski definition) is 1. The van der Waals surface area contributed by atoms with Gasteiger partial charge in [0.05, 0.1) is 5.60 Å². The summed E-state index contributed by atoms with van der Waals surface area (Å²) in [6.45, 7) is 2.05. The third-order valence-electron chi connectivity index (χ3n) is 5.58. The van der Waals surface area contributed by atoms with Crippen LogP contribution in [-0.2, 0) is 18.4 Å². The monoisotopic (exact) mass is 272 g/mol. The normalized spacial score (nSPS) is 23.7. The maximum atomic E-state index is 11.1. The zero-order chi connectivity index (χ0) is 14.0. The highest BCUT2D eigenvalue weighted by molar-refractivity contribution is 5.36. The molecule has 0 amide bonds. The lowest BCUT2D eigenvalue weighted by Gasteiger charge is -2.34. The van der Waals surface area contributed by atoms with Crippen LogP contribution in [0.3, 0.4) is 0 Å². The molecule has 2 aliphatic carbocycles. The smallest absolute Gasteiger partial charge is 0.0896 e. The Hall–Kier alpha value is -0.820. The fraction of sp³-hybridized carbons (Fsp3) is 0.684. The van der Waals surface area contributed by atoms with Crippen LogP contribution in [0.25, 0.3) is 0 Å². The molecule has 1 unspecified atom stereocenters. The summed E-state index contributed by atoms with van der Waals surface area (Å²) in [4.78, 5) is 0. The van der Waals surface area contributed by atoms with Gasteiger partial charge in [-0.05, 0) is 68.1 Å². The van der Waals surface area contributed by atoms with E-state index in [1.54, 1.807) is 0 Å². The van der Waals surface area contributed by atoms with Crippen LogP contribution in [0.15, 0.2) is 18.2 Å². The molecule has 0 bridgehead atoms. The van der Waals surface area contributed by atoms with Crippen molar-refractivity contribution in [2.24, 2.45) is 5.92 Å². The standard InChI is InChI=1S/C19H28O/c1-19(20,17-10-4-2-3-5-11-17)18-13-12-15-8-6-7-9-16(15)14-18/h12-14,17,20H,2-11H2,1H3. The Labute approximate surface area is 123 Å². The van der Waals surface area contributed by atoms with Gasteiger partial charge < -0.3 is 5.11 Å². The molecule has 1 aromatic carbocycles. The highest BCUT2D eigenvalue weighted by atomic mass is 16.3. The van der Waals surface area contributed by atoms with E-state index < -0.39 is 5.60 Å². The second kappa shape index (κ2) is 5.89. The zero-order valence-electron chi connectivity index (χ0n) is 12.8. The maximum Gasteiger partial charge on any atom is 0.0896 e. The molecule has 0 aliphatic heterocycles. The van der Waals surface area contributed by atoms with E-state index in [1.807, 2.05) is 6.92 Å². The summed E-state index contributed by atoms with van der Waals surface area (Å²) in [5, 5.41) is 11.1. The highest BCUT2D eigenvalue weighted by Crippen LogP contribution is 2.39. The van der Waals surface area contributed by atoms with E-state index in [2.05, 4.69) is 18.2 Å². The Kier molecular flexibility index (Phi) is 4.16. The second-order valence-corrected chi connectivity index (χ2v) is 7.03. The molecule has 0 spiro atoms. The minimum absolute atomic E-state index is 0.437. The van der Waals surface area contributed by atoms with E-state index in [1.165, 1.54) is 75.3 Å². The molecule has 1 aromatic rings. The van der Waals surface area contributed by atoms with Crippen molar-refractivity contribution in [3.8, 4) is 0 Å². The molecule has 20 heavy (non-hydrogen) atoms. The Bertz CT molecular complexity index is 453. The second-order valence-electron chi connectivity index (χ2n) is 7.03. The number of benzene rings is 1. The first-order valence-electron chi connectivity index (χ1n) is 8.52. The fourth-order valence-electron chi connectivity index (χ4n) is 4.13. The van der Waals surface area contributed by atoms with Crippen LogP contribution < -0.4 is 0 Å². The third kappa shape index (κ3) is 2.79. The summed E-state index contributed by atoms with van der Waals surface area (Å²) < 4.78 is 0. The van der Waals surface area contributed by atoms with E-state index in [4.69, 9.17) is 0 Å². The zero-order valence-corrected chi connectivity index (χ0v) is 12.8. The van der Waals surface area contributed by atoms with Gasteiger partial charge in [0, 0.05) is 0 Å². The van der Waals surface area contributed by atoms with Crippen molar-refractivity contribution in [2.75, 3.05) is 0 Å². The van der Waals surface area contributed by atoms with Gasteiger partial charge in [-0.3, -0.25) is 0 Å². The molecule has 0 radical (unpaired) electrons. The quantitative estimate of drug-likeness (QED) is 0.771. The van der Waals surface area contributed by atoms with E-state index in [0.29, 0.717) is 5.92 Å². The largest absolute Gasteiger partial charge is 0.385 e. The van der Waals surface area contributed by atoms with Crippen LogP contribution in [0.5, 0.6) is 0 Å². The van der Waals surface area contributed by atoms with Crippen molar-refractivity contribution in [2.45, 2.75) is 76.7 Å². The van der Waals surface area contributed by atoms with E-state index >= 15 is 0 Å². The Morgan fingerprint density at radius 2 is 1.55 bits per heavy atom. The molecule has 1 heteroatoms. The lowest BCUT2D eigenvalue weighted by molar-refractivity contribution is -0.0127. The van der Waals surface area contributed by atoms with Crippen LogP contribution in [0.1, 0.15) is 75.0 Å².